The number of hydrogen-bond acceptors (Lipinski definition) is 3. The minimum atomic E-state index is -0.825. The van der Waals surface area contributed by atoms with Crippen LogP contribution in [0.3, 0.4) is 0 Å². The summed E-state index contributed by atoms with van der Waals surface area (Å²) < 4.78 is 1.76. The number of aliphatic carboxylic acids is 1. The van der Waals surface area contributed by atoms with Gasteiger partial charge in [-0.05, 0) is 19.3 Å². The predicted octanol–water partition coefficient (Wildman–Crippen LogP) is 1.57. The molecule has 1 saturated heterocycles. The summed E-state index contributed by atoms with van der Waals surface area (Å²) in [5.74, 6) is -1.20. The Morgan fingerprint density at radius 2 is 2.20 bits per heavy atom. The Morgan fingerprint density at radius 1 is 1.50 bits per heavy atom. The van der Waals surface area contributed by atoms with E-state index in [0.29, 0.717) is 31.6 Å². The van der Waals surface area contributed by atoms with Crippen LogP contribution in [0.15, 0.2) is 6.20 Å². The van der Waals surface area contributed by atoms with Gasteiger partial charge in [-0.25, -0.2) is 0 Å². The van der Waals surface area contributed by atoms with Crippen LogP contribution in [0.1, 0.15) is 49.2 Å². The summed E-state index contributed by atoms with van der Waals surface area (Å²) >= 11 is 0. The van der Waals surface area contributed by atoms with Crippen molar-refractivity contribution in [2.45, 2.75) is 39.7 Å². The smallest absolute Gasteiger partial charge is 0.308 e. The van der Waals surface area contributed by atoms with Crippen molar-refractivity contribution in [2.75, 3.05) is 13.1 Å². The van der Waals surface area contributed by atoms with E-state index in [0.717, 1.165) is 5.69 Å². The highest BCUT2D eigenvalue weighted by Crippen LogP contribution is 2.23. The fourth-order valence-corrected chi connectivity index (χ4v) is 2.51. The van der Waals surface area contributed by atoms with E-state index < -0.39 is 11.9 Å². The van der Waals surface area contributed by atoms with E-state index in [9.17, 15) is 9.59 Å². The van der Waals surface area contributed by atoms with Crippen LogP contribution < -0.4 is 0 Å². The highest BCUT2D eigenvalue weighted by atomic mass is 16.4. The number of nitrogens with zero attached hydrogens (tertiary/aromatic N) is 3. The van der Waals surface area contributed by atoms with Gasteiger partial charge in [0.2, 0.25) is 0 Å². The third kappa shape index (κ3) is 2.69. The summed E-state index contributed by atoms with van der Waals surface area (Å²) in [6.45, 7) is 7.49. The molecule has 1 aromatic rings. The molecule has 0 bridgehead atoms. The van der Waals surface area contributed by atoms with Crippen molar-refractivity contribution >= 4 is 11.9 Å². The van der Waals surface area contributed by atoms with E-state index in [2.05, 4.69) is 5.10 Å². The van der Waals surface area contributed by atoms with Crippen LogP contribution in [0.4, 0.5) is 0 Å². The van der Waals surface area contributed by atoms with Gasteiger partial charge < -0.3 is 10.0 Å². The average Bonchev–Trinajstić information content (AvgIpc) is 3.04. The number of aryl methyl sites for hydroxylation is 1. The molecule has 1 aliphatic heterocycles. The molecule has 2 rings (SSSR count). The van der Waals surface area contributed by atoms with Crippen LogP contribution in [-0.2, 0) is 11.3 Å². The van der Waals surface area contributed by atoms with Crippen LogP contribution in [0.2, 0.25) is 0 Å². The zero-order valence-corrected chi connectivity index (χ0v) is 12.2. The van der Waals surface area contributed by atoms with Gasteiger partial charge >= 0.3 is 5.97 Å². The molecule has 110 valence electrons. The van der Waals surface area contributed by atoms with Crippen molar-refractivity contribution in [1.29, 1.82) is 0 Å². The van der Waals surface area contributed by atoms with Gasteiger partial charge in [0.05, 0.1) is 17.2 Å². The molecule has 1 N–H and O–H groups in total. The first kappa shape index (κ1) is 14.6. The van der Waals surface area contributed by atoms with Gasteiger partial charge in [-0.15, -0.1) is 0 Å². The Hall–Kier alpha value is -1.85. The maximum atomic E-state index is 12.5. The standard InChI is InChI=1S/C14H21N3O3/c1-4-17-8-11(12(15-17)9(2)3)13(18)16-6-5-10(7-16)14(19)20/h8-10H,4-7H2,1-3H3,(H,19,20). The van der Waals surface area contributed by atoms with Crippen LogP contribution in [-0.4, -0.2) is 44.8 Å². The van der Waals surface area contributed by atoms with Crippen molar-refractivity contribution in [1.82, 2.24) is 14.7 Å². The molecule has 20 heavy (non-hydrogen) atoms. The Kier molecular flexibility index (Phi) is 4.11. The molecule has 2 heterocycles. The van der Waals surface area contributed by atoms with Crippen LogP contribution in [0.25, 0.3) is 0 Å². The molecule has 1 atom stereocenters. The lowest BCUT2D eigenvalue weighted by Crippen LogP contribution is -2.30. The molecule has 1 aliphatic rings. The van der Waals surface area contributed by atoms with E-state index in [1.54, 1.807) is 15.8 Å². The van der Waals surface area contributed by atoms with Gasteiger partial charge in [-0.2, -0.15) is 5.10 Å². The maximum Gasteiger partial charge on any atom is 0.308 e. The Bertz CT molecular complexity index is 522. The van der Waals surface area contributed by atoms with Gasteiger partial charge in [0, 0.05) is 25.8 Å². The predicted molar refractivity (Wildman–Crippen MR) is 73.6 cm³/mol. The molecule has 0 saturated carbocycles. The van der Waals surface area contributed by atoms with Crippen molar-refractivity contribution < 1.29 is 14.7 Å². The van der Waals surface area contributed by atoms with Crippen LogP contribution >= 0.6 is 0 Å². The van der Waals surface area contributed by atoms with Crippen molar-refractivity contribution in [2.24, 2.45) is 5.92 Å². The molecule has 6 nitrogen and oxygen atoms in total. The number of rotatable bonds is 4. The number of hydrogen-bond donors (Lipinski definition) is 1. The van der Waals surface area contributed by atoms with Crippen LogP contribution in [0, 0.1) is 5.92 Å². The second-order valence-electron chi connectivity index (χ2n) is 5.51. The van der Waals surface area contributed by atoms with Gasteiger partial charge in [-0.3, -0.25) is 14.3 Å². The quantitative estimate of drug-likeness (QED) is 0.907. The summed E-state index contributed by atoms with van der Waals surface area (Å²) in [6, 6.07) is 0. The van der Waals surface area contributed by atoms with E-state index >= 15 is 0 Å². The maximum absolute atomic E-state index is 12.5. The lowest BCUT2D eigenvalue weighted by Gasteiger charge is -2.16. The minimum absolute atomic E-state index is 0.0999. The van der Waals surface area contributed by atoms with Crippen molar-refractivity contribution in [3.8, 4) is 0 Å². The normalized spacial score (nSPS) is 18.8. The topological polar surface area (TPSA) is 75.4 Å². The highest BCUT2D eigenvalue weighted by Gasteiger charge is 2.33. The molecule has 0 aliphatic carbocycles. The molecular weight excluding hydrogens is 258 g/mol. The fraction of sp³-hybridized carbons (Fsp3) is 0.643. The minimum Gasteiger partial charge on any atom is -0.481 e. The largest absolute Gasteiger partial charge is 0.481 e. The SMILES string of the molecule is CCn1cc(C(=O)N2CCC(C(=O)O)C2)c(C(C)C)n1. The lowest BCUT2D eigenvalue weighted by atomic mass is 10.1. The zero-order chi connectivity index (χ0) is 14.9. The first-order chi connectivity index (χ1) is 9.43. The van der Waals surface area contributed by atoms with Gasteiger partial charge in [0.1, 0.15) is 0 Å². The first-order valence-corrected chi connectivity index (χ1v) is 7.03. The Morgan fingerprint density at radius 3 is 2.70 bits per heavy atom. The second-order valence-corrected chi connectivity index (χ2v) is 5.51. The van der Waals surface area contributed by atoms with Gasteiger partial charge in [0.15, 0.2) is 0 Å². The molecular formula is C14H21N3O3. The van der Waals surface area contributed by atoms with Crippen molar-refractivity contribution in [3.63, 3.8) is 0 Å². The molecule has 1 aromatic heterocycles. The number of aromatic nitrogens is 2. The Balaban J connectivity index is 2.21. The van der Waals surface area contributed by atoms with E-state index in [4.69, 9.17) is 5.11 Å². The number of carbonyl (C=O) groups is 2. The number of likely N-dealkylation sites (tertiary alicyclic amines) is 1. The first-order valence-electron chi connectivity index (χ1n) is 7.03. The van der Waals surface area contributed by atoms with Crippen molar-refractivity contribution in [3.05, 3.63) is 17.5 Å². The van der Waals surface area contributed by atoms with Gasteiger partial charge in [-0.1, -0.05) is 13.8 Å². The molecule has 0 radical (unpaired) electrons. The summed E-state index contributed by atoms with van der Waals surface area (Å²) in [6.07, 6.45) is 2.30. The molecule has 0 aromatic carbocycles. The summed E-state index contributed by atoms with van der Waals surface area (Å²) in [5, 5.41) is 13.4. The zero-order valence-electron chi connectivity index (χ0n) is 12.2. The van der Waals surface area contributed by atoms with E-state index in [1.165, 1.54) is 0 Å². The summed E-state index contributed by atoms with van der Waals surface area (Å²) in [4.78, 5) is 25.2. The molecule has 1 unspecified atom stereocenters. The molecule has 1 fully saturated rings. The molecule has 0 spiro atoms. The summed E-state index contributed by atoms with van der Waals surface area (Å²) in [7, 11) is 0. The number of amides is 1. The second kappa shape index (κ2) is 5.64. The third-order valence-electron chi connectivity index (χ3n) is 3.72. The highest BCUT2D eigenvalue weighted by molar-refractivity contribution is 5.95. The lowest BCUT2D eigenvalue weighted by molar-refractivity contribution is -0.141. The monoisotopic (exact) mass is 279 g/mol. The number of carbonyl (C=O) groups excluding carboxylic acids is 1. The average molecular weight is 279 g/mol. The number of carboxylic acid groups (broad SMARTS) is 1. The summed E-state index contributed by atoms with van der Waals surface area (Å²) in [5.41, 5.74) is 1.39. The van der Waals surface area contributed by atoms with E-state index in [-0.39, 0.29) is 11.8 Å². The Labute approximate surface area is 118 Å². The molecule has 6 heteroatoms. The van der Waals surface area contributed by atoms with Crippen LogP contribution in [0.5, 0.6) is 0 Å². The molecule has 1 amide bonds. The van der Waals surface area contributed by atoms with E-state index in [1.807, 2.05) is 20.8 Å². The van der Waals surface area contributed by atoms with Gasteiger partial charge in [0.25, 0.3) is 5.91 Å². The third-order valence-corrected chi connectivity index (χ3v) is 3.72. The number of carboxylic acids is 1. The fourth-order valence-electron chi connectivity index (χ4n) is 2.51.